The van der Waals surface area contributed by atoms with Gasteiger partial charge in [0.2, 0.25) is 0 Å². The summed E-state index contributed by atoms with van der Waals surface area (Å²) in [6.07, 6.45) is 0.740. The third kappa shape index (κ3) is 3.53. The van der Waals surface area contributed by atoms with E-state index in [1.165, 1.54) is 12.3 Å². The smallest absolute Gasteiger partial charge is 0.354 e. The van der Waals surface area contributed by atoms with Crippen LogP contribution in [0.3, 0.4) is 0 Å². The predicted octanol–water partition coefficient (Wildman–Crippen LogP) is 2.72. The number of aromatic carboxylic acids is 1. The summed E-state index contributed by atoms with van der Waals surface area (Å²) in [6, 6.07) is 1.21. The highest BCUT2D eigenvalue weighted by Crippen LogP contribution is 2.44. The van der Waals surface area contributed by atoms with E-state index in [0.717, 1.165) is 18.4 Å². The number of nitrogens with zero attached hydrogens (tertiary/aromatic N) is 1. The Bertz CT molecular complexity index is 438. The molecule has 1 saturated carbocycles. The van der Waals surface area contributed by atoms with Crippen LogP contribution in [0.1, 0.15) is 34.8 Å². The first-order valence-corrected chi connectivity index (χ1v) is 5.22. The Morgan fingerprint density at radius 1 is 1.56 bits per heavy atom. The molecular weight excluding hydrogens is 268 g/mol. The highest BCUT2D eigenvalue weighted by molar-refractivity contribution is 5.86. The number of alkyl halides is 2. The van der Waals surface area contributed by atoms with Crippen molar-refractivity contribution >= 4 is 18.4 Å². The van der Waals surface area contributed by atoms with E-state index >= 15 is 0 Å². The van der Waals surface area contributed by atoms with Crippen molar-refractivity contribution in [1.29, 1.82) is 0 Å². The molecule has 0 amide bonds. The van der Waals surface area contributed by atoms with Gasteiger partial charge in [0, 0.05) is 17.8 Å². The third-order valence-electron chi connectivity index (χ3n) is 2.50. The van der Waals surface area contributed by atoms with Crippen molar-refractivity contribution in [3.8, 4) is 5.75 Å². The van der Waals surface area contributed by atoms with Crippen molar-refractivity contribution in [1.82, 2.24) is 4.98 Å². The van der Waals surface area contributed by atoms with Crippen molar-refractivity contribution in [3.63, 3.8) is 0 Å². The van der Waals surface area contributed by atoms with Gasteiger partial charge in [0.25, 0.3) is 6.43 Å². The molecule has 18 heavy (non-hydrogen) atoms. The van der Waals surface area contributed by atoms with E-state index in [1.54, 1.807) is 0 Å². The van der Waals surface area contributed by atoms with E-state index in [0.29, 0.717) is 0 Å². The second kappa shape index (κ2) is 5.95. The maximum absolute atomic E-state index is 12.1. The van der Waals surface area contributed by atoms with Gasteiger partial charge in [-0.05, 0) is 18.8 Å². The zero-order valence-electron chi connectivity index (χ0n) is 9.31. The molecule has 1 aromatic rings. The number of hydrogen-bond acceptors (Lipinski definition) is 3. The van der Waals surface area contributed by atoms with Gasteiger partial charge < -0.3 is 9.84 Å². The largest absolute Gasteiger partial charge is 0.487 e. The van der Waals surface area contributed by atoms with Crippen LogP contribution in [0.5, 0.6) is 5.75 Å². The summed E-state index contributed by atoms with van der Waals surface area (Å²) >= 11 is 0. The maximum Gasteiger partial charge on any atom is 0.354 e. The number of halogens is 3. The molecule has 0 aromatic carbocycles. The highest BCUT2D eigenvalue weighted by Gasteiger charge is 2.28. The summed E-state index contributed by atoms with van der Waals surface area (Å²) in [5, 5.41) is 8.77. The summed E-state index contributed by atoms with van der Waals surface area (Å²) in [6.45, 7) is -0.733. The summed E-state index contributed by atoms with van der Waals surface area (Å²) in [4.78, 5) is 14.5. The second-order valence-corrected chi connectivity index (χ2v) is 3.89. The lowest BCUT2D eigenvalue weighted by molar-refractivity contribution is 0.0688. The van der Waals surface area contributed by atoms with Crippen LogP contribution < -0.4 is 4.74 Å². The molecule has 0 aliphatic heterocycles. The van der Waals surface area contributed by atoms with Gasteiger partial charge in [-0.15, -0.1) is 12.4 Å². The molecule has 1 aromatic heterocycles. The van der Waals surface area contributed by atoms with E-state index in [1.807, 2.05) is 0 Å². The van der Waals surface area contributed by atoms with E-state index < -0.39 is 19.0 Å². The number of pyridine rings is 1. The number of ether oxygens (including phenoxy) is 1. The highest BCUT2D eigenvalue weighted by atomic mass is 35.5. The number of hydrogen-bond donors (Lipinski definition) is 1. The molecular formula is C11H12ClF2NO3. The molecule has 1 heterocycles. The molecule has 1 fully saturated rings. The van der Waals surface area contributed by atoms with Gasteiger partial charge >= 0.3 is 5.97 Å². The van der Waals surface area contributed by atoms with E-state index in [4.69, 9.17) is 9.84 Å². The SMILES string of the molecule is Cl.O=C(O)c1cc(OCC(F)F)c(C2CC2)cn1. The Balaban J connectivity index is 0.00000162. The molecule has 100 valence electrons. The van der Waals surface area contributed by atoms with Gasteiger partial charge in [0.05, 0.1) is 0 Å². The molecule has 1 aliphatic rings. The Labute approximate surface area is 108 Å². The molecule has 0 saturated heterocycles. The maximum atomic E-state index is 12.1. The van der Waals surface area contributed by atoms with E-state index in [-0.39, 0.29) is 29.8 Å². The zero-order valence-corrected chi connectivity index (χ0v) is 10.1. The molecule has 7 heteroatoms. The van der Waals surface area contributed by atoms with Crippen molar-refractivity contribution in [2.75, 3.05) is 6.61 Å². The van der Waals surface area contributed by atoms with E-state index in [2.05, 4.69) is 4.98 Å². The molecule has 0 atom stereocenters. The first-order chi connectivity index (χ1) is 8.08. The van der Waals surface area contributed by atoms with Gasteiger partial charge in [-0.25, -0.2) is 18.6 Å². The Morgan fingerprint density at radius 2 is 2.22 bits per heavy atom. The summed E-state index contributed by atoms with van der Waals surface area (Å²) in [5.74, 6) is -0.729. The summed E-state index contributed by atoms with van der Waals surface area (Å²) in [5.41, 5.74) is 0.523. The van der Waals surface area contributed by atoms with Crippen LogP contribution in [0, 0.1) is 0 Å². The first-order valence-electron chi connectivity index (χ1n) is 5.22. The van der Waals surface area contributed by atoms with Crippen molar-refractivity contribution < 1.29 is 23.4 Å². The quantitative estimate of drug-likeness (QED) is 0.900. The molecule has 0 spiro atoms. The molecule has 4 nitrogen and oxygen atoms in total. The lowest BCUT2D eigenvalue weighted by Gasteiger charge is -2.10. The molecule has 0 bridgehead atoms. The fraction of sp³-hybridized carbons (Fsp3) is 0.455. The standard InChI is InChI=1S/C11H11F2NO3.ClH/c12-10(13)5-17-9-3-8(11(15)16)14-4-7(9)6-1-2-6;/h3-4,6,10H,1-2,5H2,(H,15,16);1H. The lowest BCUT2D eigenvalue weighted by atomic mass is 10.1. The Kier molecular flexibility index (Phi) is 4.84. The molecule has 0 unspecified atom stereocenters. The van der Waals surface area contributed by atoms with Crippen LogP contribution in [0.25, 0.3) is 0 Å². The minimum absolute atomic E-state index is 0. The molecule has 1 N–H and O–H groups in total. The van der Waals surface area contributed by atoms with Crippen LogP contribution in [0.4, 0.5) is 8.78 Å². The fourth-order valence-electron chi connectivity index (χ4n) is 1.54. The fourth-order valence-corrected chi connectivity index (χ4v) is 1.54. The Morgan fingerprint density at radius 3 is 2.72 bits per heavy atom. The Hall–Kier alpha value is -1.43. The van der Waals surface area contributed by atoms with Crippen molar-refractivity contribution in [2.45, 2.75) is 25.2 Å². The van der Waals surface area contributed by atoms with Gasteiger partial charge in [0.15, 0.2) is 5.69 Å². The van der Waals surface area contributed by atoms with Gasteiger partial charge in [-0.3, -0.25) is 0 Å². The number of carbonyl (C=O) groups is 1. The van der Waals surface area contributed by atoms with Crippen molar-refractivity contribution in [2.24, 2.45) is 0 Å². The average Bonchev–Trinajstić information content (AvgIpc) is 3.09. The second-order valence-electron chi connectivity index (χ2n) is 3.89. The number of carboxylic acids is 1. The van der Waals surface area contributed by atoms with Gasteiger partial charge in [-0.2, -0.15) is 0 Å². The van der Waals surface area contributed by atoms with Crippen LogP contribution >= 0.6 is 12.4 Å². The predicted molar refractivity (Wildman–Crippen MR) is 61.9 cm³/mol. The third-order valence-corrected chi connectivity index (χ3v) is 2.50. The minimum Gasteiger partial charge on any atom is -0.487 e. The molecule has 1 aliphatic carbocycles. The van der Waals surface area contributed by atoms with Crippen LogP contribution in [-0.2, 0) is 0 Å². The summed E-state index contributed by atoms with van der Waals surface area (Å²) in [7, 11) is 0. The van der Waals surface area contributed by atoms with E-state index in [9.17, 15) is 13.6 Å². The average molecular weight is 280 g/mol. The monoisotopic (exact) mass is 279 g/mol. The normalized spacial score (nSPS) is 14.2. The zero-order chi connectivity index (χ0) is 12.4. The van der Waals surface area contributed by atoms with Crippen LogP contribution in [0.2, 0.25) is 0 Å². The topological polar surface area (TPSA) is 59.4 Å². The van der Waals surface area contributed by atoms with Crippen LogP contribution in [-0.4, -0.2) is 29.1 Å². The number of rotatable bonds is 5. The molecule has 2 rings (SSSR count). The number of carboxylic acid groups (broad SMARTS) is 1. The summed E-state index contributed by atoms with van der Waals surface area (Å²) < 4.78 is 29.1. The van der Waals surface area contributed by atoms with Crippen LogP contribution in [0.15, 0.2) is 12.3 Å². The lowest BCUT2D eigenvalue weighted by Crippen LogP contribution is -2.10. The van der Waals surface area contributed by atoms with Gasteiger partial charge in [0.1, 0.15) is 12.4 Å². The first kappa shape index (κ1) is 14.6. The minimum atomic E-state index is -2.58. The van der Waals surface area contributed by atoms with Crippen molar-refractivity contribution in [3.05, 3.63) is 23.5 Å². The molecule has 0 radical (unpaired) electrons. The number of aromatic nitrogens is 1. The van der Waals surface area contributed by atoms with Gasteiger partial charge in [-0.1, -0.05) is 0 Å².